The van der Waals surface area contributed by atoms with E-state index in [0.29, 0.717) is 5.56 Å². The minimum absolute atomic E-state index is 0.114. The highest BCUT2D eigenvalue weighted by molar-refractivity contribution is 5.37. The minimum Gasteiger partial charge on any atom is -0.350 e. The Morgan fingerprint density at radius 2 is 2.16 bits per heavy atom. The van der Waals surface area contributed by atoms with Gasteiger partial charge in [-0.15, -0.1) is 0 Å². The molecule has 0 aliphatic rings. The SMILES string of the molecule is CCC(N)c1ccn(Cc2ccc(C#N)cc2C)c1. The fourth-order valence-electron chi connectivity index (χ4n) is 2.15. The molecule has 2 N–H and O–H groups in total. The molecule has 98 valence electrons. The zero-order valence-corrected chi connectivity index (χ0v) is 11.4. The highest BCUT2D eigenvalue weighted by atomic mass is 14.9. The number of nitrogens with two attached hydrogens (primary N) is 1. The van der Waals surface area contributed by atoms with Gasteiger partial charge < -0.3 is 10.3 Å². The quantitative estimate of drug-likeness (QED) is 0.910. The van der Waals surface area contributed by atoms with E-state index in [0.717, 1.165) is 18.5 Å². The summed E-state index contributed by atoms with van der Waals surface area (Å²) in [4.78, 5) is 0. The lowest BCUT2D eigenvalue weighted by Crippen LogP contribution is -2.07. The fourth-order valence-corrected chi connectivity index (χ4v) is 2.15. The molecule has 0 bridgehead atoms. The summed E-state index contributed by atoms with van der Waals surface area (Å²) in [5, 5.41) is 8.87. The van der Waals surface area contributed by atoms with Crippen LogP contribution in [0.15, 0.2) is 36.7 Å². The Hall–Kier alpha value is -2.05. The first-order valence-electron chi connectivity index (χ1n) is 6.55. The maximum absolute atomic E-state index is 8.87. The molecule has 2 rings (SSSR count). The Kier molecular flexibility index (Phi) is 4.03. The molecule has 1 unspecified atom stereocenters. The lowest BCUT2D eigenvalue weighted by Gasteiger charge is -2.08. The number of benzene rings is 1. The van der Waals surface area contributed by atoms with Crippen molar-refractivity contribution < 1.29 is 0 Å². The average molecular weight is 253 g/mol. The van der Waals surface area contributed by atoms with Crippen molar-refractivity contribution in [3.63, 3.8) is 0 Å². The highest BCUT2D eigenvalue weighted by Crippen LogP contribution is 2.17. The largest absolute Gasteiger partial charge is 0.350 e. The zero-order valence-electron chi connectivity index (χ0n) is 11.4. The van der Waals surface area contributed by atoms with Gasteiger partial charge in [-0.05, 0) is 48.2 Å². The van der Waals surface area contributed by atoms with Crippen LogP contribution in [0.4, 0.5) is 0 Å². The van der Waals surface area contributed by atoms with Gasteiger partial charge in [0.25, 0.3) is 0 Å². The van der Waals surface area contributed by atoms with Crippen molar-refractivity contribution in [3.8, 4) is 6.07 Å². The number of nitrogens with zero attached hydrogens (tertiary/aromatic N) is 2. The first-order chi connectivity index (χ1) is 9.13. The summed E-state index contributed by atoms with van der Waals surface area (Å²) in [5.74, 6) is 0. The third-order valence-corrected chi connectivity index (χ3v) is 3.47. The van der Waals surface area contributed by atoms with E-state index < -0.39 is 0 Å². The van der Waals surface area contributed by atoms with Gasteiger partial charge in [-0.3, -0.25) is 0 Å². The molecule has 0 aliphatic heterocycles. The third-order valence-electron chi connectivity index (χ3n) is 3.47. The van der Waals surface area contributed by atoms with Crippen LogP contribution in [0.1, 0.15) is 41.6 Å². The monoisotopic (exact) mass is 253 g/mol. The number of aryl methyl sites for hydroxylation is 1. The van der Waals surface area contributed by atoms with E-state index in [-0.39, 0.29) is 6.04 Å². The van der Waals surface area contributed by atoms with E-state index in [1.165, 1.54) is 11.1 Å². The van der Waals surface area contributed by atoms with Crippen LogP contribution in [0.2, 0.25) is 0 Å². The Morgan fingerprint density at radius 1 is 1.37 bits per heavy atom. The maximum Gasteiger partial charge on any atom is 0.0991 e. The van der Waals surface area contributed by atoms with Gasteiger partial charge in [0.2, 0.25) is 0 Å². The van der Waals surface area contributed by atoms with Crippen LogP contribution in [0.25, 0.3) is 0 Å². The number of aromatic nitrogens is 1. The smallest absolute Gasteiger partial charge is 0.0991 e. The van der Waals surface area contributed by atoms with E-state index in [2.05, 4.69) is 36.0 Å². The average Bonchev–Trinajstić information content (AvgIpc) is 2.88. The van der Waals surface area contributed by atoms with Crippen LogP contribution < -0.4 is 5.73 Å². The summed E-state index contributed by atoms with van der Waals surface area (Å²) in [7, 11) is 0. The van der Waals surface area contributed by atoms with Crippen LogP contribution in [-0.2, 0) is 6.54 Å². The van der Waals surface area contributed by atoms with Crippen molar-refractivity contribution in [2.24, 2.45) is 5.73 Å². The van der Waals surface area contributed by atoms with Gasteiger partial charge in [-0.1, -0.05) is 13.0 Å². The Bertz CT molecular complexity index is 605. The summed E-state index contributed by atoms with van der Waals surface area (Å²) in [6.45, 7) is 4.94. The van der Waals surface area contributed by atoms with E-state index >= 15 is 0 Å². The molecule has 0 saturated carbocycles. The van der Waals surface area contributed by atoms with E-state index in [1.807, 2.05) is 25.1 Å². The number of nitriles is 1. The minimum atomic E-state index is 0.114. The van der Waals surface area contributed by atoms with Crippen LogP contribution in [0, 0.1) is 18.3 Å². The molecule has 0 radical (unpaired) electrons. The molecule has 1 aromatic carbocycles. The molecule has 2 aromatic rings. The second-order valence-electron chi connectivity index (χ2n) is 4.88. The standard InChI is InChI=1S/C16H19N3/c1-3-16(18)15-6-7-19(11-15)10-14-5-4-13(9-17)8-12(14)2/h4-8,11,16H,3,10,18H2,1-2H3. The van der Waals surface area contributed by atoms with Crippen LogP contribution in [0.5, 0.6) is 0 Å². The molecule has 0 fully saturated rings. The van der Waals surface area contributed by atoms with Gasteiger partial charge >= 0.3 is 0 Å². The topological polar surface area (TPSA) is 54.7 Å². The zero-order chi connectivity index (χ0) is 13.8. The molecule has 0 aliphatic carbocycles. The lowest BCUT2D eigenvalue weighted by molar-refractivity contribution is 0.692. The summed E-state index contributed by atoms with van der Waals surface area (Å²) in [5.41, 5.74) is 10.3. The van der Waals surface area contributed by atoms with Gasteiger partial charge in [-0.2, -0.15) is 5.26 Å². The van der Waals surface area contributed by atoms with Gasteiger partial charge in [0.05, 0.1) is 11.6 Å². The molecule has 0 spiro atoms. The van der Waals surface area contributed by atoms with Crippen molar-refractivity contribution in [1.82, 2.24) is 4.57 Å². The van der Waals surface area contributed by atoms with Crippen molar-refractivity contribution in [1.29, 1.82) is 5.26 Å². The van der Waals surface area contributed by atoms with Gasteiger partial charge in [0.15, 0.2) is 0 Å². The van der Waals surface area contributed by atoms with Gasteiger partial charge in [0, 0.05) is 25.0 Å². The first kappa shape index (κ1) is 13.4. The van der Waals surface area contributed by atoms with Crippen molar-refractivity contribution in [2.75, 3.05) is 0 Å². The Labute approximate surface area is 114 Å². The summed E-state index contributed by atoms with van der Waals surface area (Å²) in [6.07, 6.45) is 5.11. The van der Waals surface area contributed by atoms with E-state index in [9.17, 15) is 0 Å². The number of hydrogen-bond acceptors (Lipinski definition) is 2. The Morgan fingerprint density at radius 3 is 2.79 bits per heavy atom. The lowest BCUT2D eigenvalue weighted by atomic mass is 10.1. The molecule has 0 amide bonds. The van der Waals surface area contributed by atoms with Gasteiger partial charge in [0.1, 0.15) is 0 Å². The molecule has 3 heteroatoms. The molecule has 0 saturated heterocycles. The molecule has 1 heterocycles. The van der Waals surface area contributed by atoms with E-state index in [1.54, 1.807) is 0 Å². The second kappa shape index (κ2) is 5.73. The van der Waals surface area contributed by atoms with Crippen LogP contribution in [0.3, 0.4) is 0 Å². The predicted octanol–water partition coefficient (Wildman–Crippen LogP) is 3.13. The summed E-state index contributed by atoms with van der Waals surface area (Å²) >= 11 is 0. The summed E-state index contributed by atoms with van der Waals surface area (Å²) < 4.78 is 2.14. The van der Waals surface area contributed by atoms with Crippen molar-refractivity contribution in [2.45, 2.75) is 32.9 Å². The van der Waals surface area contributed by atoms with Crippen molar-refractivity contribution >= 4 is 0 Å². The molecule has 1 atom stereocenters. The molecule has 1 aromatic heterocycles. The normalized spacial score (nSPS) is 12.1. The Balaban J connectivity index is 2.17. The fraction of sp³-hybridized carbons (Fsp3) is 0.312. The number of hydrogen-bond donors (Lipinski definition) is 1. The molecule has 19 heavy (non-hydrogen) atoms. The second-order valence-corrected chi connectivity index (χ2v) is 4.88. The molecule has 3 nitrogen and oxygen atoms in total. The van der Waals surface area contributed by atoms with E-state index in [4.69, 9.17) is 11.0 Å². The van der Waals surface area contributed by atoms with Crippen molar-refractivity contribution in [3.05, 3.63) is 58.9 Å². The van der Waals surface area contributed by atoms with Crippen LogP contribution in [-0.4, -0.2) is 4.57 Å². The van der Waals surface area contributed by atoms with Crippen LogP contribution >= 0.6 is 0 Å². The molecular weight excluding hydrogens is 234 g/mol. The van der Waals surface area contributed by atoms with Gasteiger partial charge in [-0.25, -0.2) is 0 Å². The first-order valence-corrected chi connectivity index (χ1v) is 6.55. The third kappa shape index (κ3) is 3.04. The predicted molar refractivity (Wildman–Crippen MR) is 76.6 cm³/mol. The number of rotatable bonds is 4. The molecular formula is C16H19N3. The maximum atomic E-state index is 8.87. The highest BCUT2D eigenvalue weighted by Gasteiger charge is 2.06. The summed E-state index contributed by atoms with van der Waals surface area (Å²) in [6, 6.07) is 10.2.